The van der Waals surface area contributed by atoms with Crippen molar-refractivity contribution in [2.75, 3.05) is 0 Å². The molecular weight excluding hydrogens is 538 g/mol. The van der Waals surface area contributed by atoms with Crippen LogP contribution in [0.3, 0.4) is 0 Å². The first-order valence-electron chi connectivity index (χ1n) is 9.55. The van der Waals surface area contributed by atoms with Gasteiger partial charge in [0.25, 0.3) is 0 Å². The van der Waals surface area contributed by atoms with Gasteiger partial charge in [-0.3, -0.25) is 0 Å². The number of nitrogens with zero attached hydrogens (tertiary/aromatic N) is 2. The van der Waals surface area contributed by atoms with Crippen LogP contribution in [0.15, 0.2) is 97.1 Å². The number of rotatable bonds is 7. The van der Waals surface area contributed by atoms with Gasteiger partial charge in [0, 0.05) is 0 Å². The molecule has 0 N–H and O–H groups in total. The van der Waals surface area contributed by atoms with Crippen LogP contribution in [-0.2, 0) is 0 Å². The number of nitro benzene ring substituents is 2. The number of nitro groups is 2. The Morgan fingerprint density at radius 1 is 0.531 bits per heavy atom. The summed E-state index contributed by atoms with van der Waals surface area (Å²) in [5.41, 5.74) is 4.03. The molecule has 0 amide bonds. The summed E-state index contributed by atoms with van der Waals surface area (Å²) in [6.07, 6.45) is 0. The average molecular weight is 554 g/mol. The molecule has 0 atom stereocenters. The van der Waals surface area contributed by atoms with Crippen molar-refractivity contribution in [1.29, 1.82) is 0 Å². The molecule has 158 valence electrons. The number of benzene rings is 4. The number of non-ortho nitro benzene ring substituents is 2. The summed E-state index contributed by atoms with van der Waals surface area (Å²) in [4.78, 5) is 22.0. The molecule has 0 aliphatic rings. The molecule has 0 spiro atoms. The van der Waals surface area contributed by atoms with Crippen LogP contribution < -0.4 is 8.92 Å². The van der Waals surface area contributed by atoms with Gasteiger partial charge in [0.1, 0.15) is 0 Å². The zero-order valence-corrected chi connectivity index (χ0v) is 20.0. The van der Waals surface area contributed by atoms with Crippen molar-refractivity contribution >= 4 is 46.6 Å². The third-order valence-corrected chi connectivity index (χ3v) is 11.9. The molecule has 0 unspecified atom stereocenters. The molecule has 0 aliphatic carbocycles. The summed E-state index contributed by atoms with van der Waals surface area (Å²) < 4.78 is 1.84. The van der Waals surface area contributed by atoms with Crippen molar-refractivity contribution in [3.63, 3.8) is 0 Å². The fraction of sp³-hybridized carbons (Fsp3) is 0. The Kier molecular flexibility index (Phi) is 6.78. The minimum atomic E-state index is -0.385. The van der Waals surface area contributed by atoms with Crippen LogP contribution in [0.2, 0.25) is 0 Å². The van der Waals surface area contributed by atoms with E-state index >= 15 is 0 Å². The first kappa shape index (κ1) is 21.9. The van der Waals surface area contributed by atoms with Gasteiger partial charge in [0.15, 0.2) is 0 Å². The second-order valence-electron chi connectivity index (χ2n) is 6.77. The molecule has 4 aromatic rings. The molecule has 0 saturated heterocycles. The zero-order chi connectivity index (χ0) is 22.5. The third kappa shape index (κ3) is 4.96. The van der Waals surface area contributed by atoms with E-state index in [1.807, 2.05) is 60.7 Å². The van der Waals surface area contributed by atoms with Gasteiger partial charge < -0.3 is 0 Å². The van der Waals surface area contributed by atoms with E-state index in [4.69, 9.17) is 0 Å². The van der Waals surface area contributed by atoms with Crippen molar-refractivity contribution < 1.29 is 9.85 Å². The molecule has 0 radical (unpaired) electrons. The fourth-order valence-electron chi connectivity index (χ4n) is 3.19. The van der Waals surface area contributed by atoms with Crippen molar-refractivity contribution in [2.24, 2.45) is 0 Å². The molecule has 4 rings (SSSR count). The summed E-state index contributed by atoms with van der Waals surface area (Å²) >= 11 is -0.244. The summed E-state index contributed by atoms with van der Waals surface area (Å²) in [6.45, 7) is 0. The molecule has 0 aromatic heterocycles. The Morgan fingerprint density at radius 3 is 1.25 bits per heavy atom. The minimum absolute atomic E-state index is 0.0553. The van der Waals surface area contributed by atoms with E-state index < -0.39 is 0 Å². The van der Waals surface area contributed by atoms with Crippen LogP contribution in [0, 0.1) is 20.2 Å². The molecule has 0 fully saturated rings. The second kappa shape index (κ2) is 9.90. The van der Waals surface area contributed by atoms with Crippen molar-refractivity contribution in [1.82, 2.24) is 0 Å². The Hall–Kier alpha value is -3.28. The second-order valence-corrected chi connectivity index (χ2v) is 13.0. The van der Waals surface area contributed by atoms with Gasteiger partial charge in [-0.15, -0.1) is 0 Å². The summed E-state index contributed by atoms with van der Waals surface area (Å²) in [6, 6.07) is 29.5. The number of hydrogen-bond donors (Lipinski definition) is 0. The first-order chi connectivity index (χ1) is 15.5. The van der Waals surface area contributed by atoms with Gasteiger partial charge >= 0.3 is 196 Å². The Labute approximate surface area is 195 Å². The fourth-order valence-corrected chi connectivity index (χ4v) is 10.4. The number of hydrogen-bond acceptors (Lipinski definition) is 4. The van der Waals surface area contributed by atoms with E-state index in [1.54, 1.807) is 24.3 Å². The van der Waals surface area contributed by atoms with Gasteiger partial charge in [-0.25, -0.2) is 0 Å². The Balaban J connectivity index is 1.74. The van der Waals surface area contributed by atoms with Crippen molar-refractivity contribution in [3.8, 4) is 22.3 Å². The summed E-state index contributed by atoms with van der Waals surface area (Å²) in [7, 11) is 0. The molecule has 0 heterocycles. The molecule has 32 heavy (non-hydrogen) atoms. The summed E-state index contributed by atoms with van der Waals surface area (Å²) in [5, 5.41) is 22.8. The Bertz CT molecular complexity index is 1180. The standard InChI is InChI=1S/C24H16N2O4Se2/c27-25(28)19-11-13-21(17-7-3-1-4-8-17)23(15-19)31-32-24-16-20(26(29)30)12-14-22(24)18-9-5-2-6-10-18/h1-16H. The molecule has 8 heteroatoms. The van der Waals surface area contributed by atoms with Crippen LogP contribution in [0.25, 0.3) is 22.3 Å². The molecule has 0 aliphatic heterocycles. The summed E-state index contributed by atoms with van der Waals surface area (Å²) in [5.74, 6) is 0. The predicted molar refractivity (Wildman–Crippen MR) is 128 cm³/mol. The molecule has 6 nitrogen and oxygen atoms in total. The van der Waals surface area contributed by atoms with E-state index in [2.05, 4.69) is 0 Å². The van der Waals surface area contributed by atoms with Gasteiger partial charge in [-0.2, -0.15) is 0 Å². The van der Waals surface area contributed by atoms with Crippen molar-refractivity contribution in [3.05, 3.63) is 117 Å². The average Bonchev–Trinajstić information content (AvgIpc) is 2.83. The van der Waals surface area contributed by atoms with Crippen LogP contribution in [0.1, 0.15) is 0 Å². The molecule has 0 saturated carbocycles. The predicted octanol–water partition coefficient (Wildman–Crippen LogP) is 4.11. The van der Waals surface area contributed by atoms with Crippen LogP contribution in [0.4, 0.5) is 11.4 Å². The quantitative estimate of drug-likeness (QED) is 0.196. The van der Waals surface area contributed by atoms with Crippen molar-refractivity contribution in [2.45, 2.75) is 0 Å². The van der Waals surface area contributed by atoms with Crippen LogP contribution >= 0.6 is 0 Å². The van der Waals surface area contributed by atoms with E-state index in [9.17, 15) is 20.2 Å². The van der Waals surface area contributed by atoms with E-state index in [0.717, 1.165) is 31.2 Å². The van der Waals surface area contributed by atoms with Crippen LogP contribution in [-0.4, -0.2) is 36.1 Å². The van der Waals surface area contributed by atoms with Gasteiger partial charge in [0.2, 0.25) is 0 Å². The van der Waals surface area contributed by atoms with E-state index in [-0.39, 0.29) is 47.5 Å². The molecule has 0 bridgehead atoms. The maximum atomic E-state index is 11.4. The Morgan fingerprint density at radius 2 is 0.906 bits per heavy atom. The first-order valence-corrected chi connectivity index (χ1v) is 15.6. The van der Waals surface area contributed by atoms with Gasteiger partial charge in [0.05, 0.1) is 0 Å². The normalized spacial score (nSPS) is 10.6. The topological polar surface area (TPSA) is 86.3 Å². The van der Waals surface area contributed by atoms with Crippen LogP contribution in [0.5, 0.6) is 0 Å². The SMILES string of the molecule is O=[N+]([O-])c1ccc(-c2ccccc2)c([Se][Se]c2cc([N+](=O)[O-])ccc2-c2ccccc2)c1. The zero-order valence-electron chi connectivity index (χ0n) is 16.6. The third-order valence-electron chi connectivity index (χ3n) is 4.74. The molecular formula is C24H16N2O4Se2. The monoisotopic (exact) mass is 556 g/mol. The maximum absolute atomic E-state index is 11.4. The van der Waals surface area contributed by atoms with E-state index in [1.165, 1.54) is 12.1 Å². The molecule has 4 aromatic carbocycles. The van der Waals surface area contributed by atoms with E-state index in [0.29, 0.717) is 0 Å². The van der Waals surface area contributed by atoms with Gasteiger partial charge in [-0.1, -0.05) is 0 Å². The van der Waals surface area contributed by atoms with Gasteiger partial charge in [-0.05, 0) is 0 Å².